The topological polar surface area (TPSA) is 84.5 Å². The van der Waals surface area contributed by atoms with Crippen LogP contribution in [-0.4, -0.2) is 30.4 Å². The third-order valence-corrected chi connectivity index (χ3v) is 5.46. The molecule has 1 saturated carbocycles. The van der Waals surface area contributed by atoms with Gasteiger partial charge in [-0.1, -0.05) is 36.6 Å². The minimum atomic E-state index is -0.616. The standard InChI is InChI=1S/C19H19ClN2O4S/c20-16-10-9-15(27-16)19(25)26-11-17(23)22-14-8-4-3-7-13(14)18(24)21-12-5-1-2-6-12/h3-4,7-10,12H,1-2,5-6,11H2,(H,21,24)(H,22,23). The number of carbonyl (C=O) groups is 3. The van der Waals surface area contributed by atoms with Gasteiger partial charge in [-0.3, -0.25) is 9.59 Å². The number of rotatable bonds is 6. The Bertz CT molecular complexity index is 846. The lowest BCUT2D eigenvalue weighted by Crippen LogP contribution is -2.33. The number of para-hydroxylation sites is 1. The minimum Gasteiger partial charge on any atom is -0.451 e. The van der Waals surface area contributed by atoms with Gasteiger partial charge in [0.25, 0.3) is 11.8 Å². The highest BCUT2D eigenvalue weighted by Crippen LogP contribution is 2.22. The molecule has 0 spiro atoms. The van der Waals surface area contributed by atoms with E-state index < -0.39 is 18.5 Å². The van der Waals surface area contributed by atoms with Gasteiger partial charge in [-0.05, 0) is 37.1 Å². The zero-order valence-corrected chi connectivity index (χ0v) is 16.1. The van der Waals surface area contributed by atoms with Crippen LogP contribution >= 0.6 is 22.9 Å². The van der Waals surface area contributed by atoms with E-state index in [9.17, 15) is 14.4 Å². The average Bonchev–Trinajstić information content (AvgIpc) is 3.32. The number of hydrogen-bond acceptors (Lipinski definition) is 5. The third-order valence-electron chi connectivity index (χ3n) is 4.24. The highest BCUT2D eigenvalue weighted by Gasteiger charge is 2.20. The van der Waals surface area contributed by atoms with E-state index >= 15 is 0 Å². The zero-order valence-electron chi connectivity index (χ0n) is 14.5. The summed E-state index contributed by atoms with van der Waals surface area (Å²) < 4.78 is 5.45. The first-order valence-electron chi connectivity index (χ1n) is 8.65. The van der Waals surface area contributed by atoms with E-state index in [2.05, 4.69) is 10.6 Å². The molecule has 2 amide bonds. The quantitative estimate of drug-likeness (QED) is 0.713. The summed E-state index contributed by atoms with van der Waals surface area (Å²) in [6, 6.07) is 10.1. The molecule has 3 rings (SSSR count). The number of amides is 2. The van der Waals surface area contributed by atoms with Crippen molar-refractivity contribution in [3.63, 3.8) is 0 Å². The summed E-state index contributed by atoms with van der Waals surface area (Å²) in [6.45, 7) is -0.451. The van der Waals surface area contributed by atoms with Gasteiger partial charge in [0.1, 0.15) is 4.88 Å². The highest BCUT2D eigenvalue weighted by molar-refractivity contribution is 7.17. The lowest BCUT2D eigenvalue weighted by atomic mass is 10.1. The first kappa shape index (κ1) is 19.4. The van der Waals surface area contributed by atoms with Crippen LogP contribution in [0.15, 0.2) is 36.4 Å². The smallest absolute Gasteiger partial charge is 0.348 e. The fourth-order valence-electron chi connectivity index (χ4n) is 2.94. The second kappa shape index (κ2) is 9.01. The van der Waals surface area contributed by atoms with E-state index in [4.69, 9.17) is 16.3 Å². The largest absolute Gasteiger partial charge is 0.451 e. The number of benzene rings is 1. The molecule has 1 aromatic heterocycles. The monoisotopic (exact) mass is 406 g/mol. The molecule has 1 heterocycles. The Kier molecular flexibility index (Phi) is 6.47. The van der Waals surface area contributed by atoms with Crippen LogP contribution in [0.3, 0.4) is 0 Å². The molecule has 6 nitrogen and oxygen atoms in total. The molecule has 1 aliphatic rings. The fraction of sp³-hybridized carbons (Fsp3) is 0.316. The Morgan fingerprint density at radius 3 is 2.56 bits per heavy atom. The molecule has 1 aromatic carbocycles. The van der Waals surface area contributed by atoms with Gasteiger partial charge in [-0.2, -0.15) is 0 Å². The van der Waals surface area contributed by atoms with Gasteiger partial charge in [0.2, 0.25) is 0 Å². The van der Waals surface area contributed by atoms with Crippen LogP contribution in [0.25, 0.3) is 0 Å². The average molecular weight is 407 g/mol. The summed E-state index contributed by atoms with van der Waals surface area (Å²) in [5.74, 6) is -1.36. The van der Waals surface area contributed by atoms with Crippen molar-refractivity contribution in [3.8, 4) is 0 Å². The van der Waals surface area contributed by atoms with E-state index in [-0.39, 0.29) is 11.9 Å². The van der Waals surface area contributed by atoms with Gasteiger partial charge in [0.15, 0.2) is 6.61 Å². The van der Waals surface area contributed by atoms with E-state index in [1.54, 1.807) is 30.3 Å². The number of halogens is 1. The van der Waals surface area contributed by atoms with Crippen LogP contribution in [-0.2, 0) is 9.53 Å². The molecular formula is C19H19ClN2O4S. The van der Waals surface area contributed by atoms with E-state index in [0.29, 0.717) is 20.5 Å². The fourth-order valence-corrected chi connectivity index (χ4v) is 3.87. The third kappa shape index (κ3) is 5.30. The molecule has 0 radical (unpaired) electrons. The lowest BCUT2D eigenvalue weighted by molar-refractivity contribution is -0.119. The predicted octanol–water partition coefficient (Wildman–Crippen LogP) is 3.87. The first-order chi connectivity index (χ1) is 13.0. The van der Waals surface area contributed by atoms with Crippen molar-refractivity contribution < 1.29 is 19.1 Å². The minimum absolute atomic E-state index is 0.180. The molecular weight excluding hydrogens is 388 g/mol. The van der Waals surface area contributed by atoms with Crippen molar-refractivity contribution in [1.29, 1.82) is 0 Å². The Hall–Kier alpha value is -2.38. The van der Waals surface area contributed by atoms with Crippen LogP contribution in [0.4, 0.5) is 5.69 Å². The molecule has 0 bridgehead atoms. The summed E-state index contributed by atoms with van der Waals surface area (Å²) in [7, 11) is 0. The number of ether oxygens (including phenoxy) is 1. The first-order valence-corrected chi connectivity index (χ1v) is 9.84. The number of esters is 1. The van der Waals surface area contributed by atoms with Gasteiger partial charge in [-0.25, -0.2) is 4.79 Å². The van der Waals surface area contributed by atoms with Crippen molar-refractivity contribution in [2.75, 3.05) is 11.9 Å². The maximum absolute atomic E-state index is 12.5. The van der Waals surface area contributed by atoms with Crippen LogP contribution < -0.4 is 10.6 Å². The Morgan fingerprint density at radius 2 is 1.85 bits per heavy atom. The summed E-state index contributed by atoms with van der Waals surface area (Å²) in [5.41, 5.74) is 0.766. The molecule has 8 heteroatoms. The molecule has 2 N–H and O–H groups in total. The number of anilines is 1. The SMILES string of the molecule is O=C(COC(=O)c1ccc(Cl)s1)Nc1ccccc1C(=O)NC1CCCC1. The normalized spacial score (nSPS) is 14.0. The van der Waals surface area contributed by atoms with Crippen LogP contribution in [0.1, 0.15) is 45.7 Å². The van der Waals surface area contributed by atoms with E-state index in [0.717, 1.165) is 37.0 Å². The van der Waals surface area contributed by atoms with Gasteiger partial charge < -0.3 is 15.4 Å². The van der Waals surface area contributed by atoms with Crippen molar-refractivity contribution in [2.24, 2.45) is 0 Å². The molecule has 1 aliphatic carbocycles. The summed E-state index contributed by atoms with van der Waals surface area (Å²) in [5, 5.41) is 5.62. The number of carbonyl (C=O) groups excluding carboxylic acids is 3. The van der Waals surface area contributed by atoms with Crippen molar-refractivity contribution in [2.45, 2.75) is 31.7 Å². The van der Waals surface area contributed by atoms with Crippen LogP contribution in [0, 0.1) is 0 Å². The number of nitrogens with one attached hydrogen (secondary N) is 2. The van der Waals surface area contributed by atoms with Gasteiger partial charge in [-0.15, -0.1) is 11.3 Å². The Labute approximate surface area is 165 Å². The second-order valence-corrected chi connectivity index (χ2v) is 7.94. The van der Waals surface area contributed by atoms with Crippen LogP contribution in [0.2, 0.25) is 4.34 Å². The van der Waals surface area contributed by atoms with Gasteiger partial charge >= 0.3 is 5.97 Å². The van der Waals surface area contributed by atoms with Gasteiger partial charge in [0.05, 0.1) is 15.6 Å². The van der Waals surface area contributed by atoms with Crippen LogP contribution in [0.5, 0.6) is 0 Å². The van der Waals surface area contributed by atoms with Crippen molar-refractivity contribution >= 4 is 46.4 Å². The molecule has 2 aromatic rings. The predicted molar refractivity (Wildman–Crippen MR) is 104 cm³/mol. The molecule has 0 unspecified atom stereocenters. The second-order valence-electron chi connectivity index (χ2n) is 6.23. The van der Waals surface area contributed by atoms with E-state index in [1.165, 1.54) is 6.07 Å². The van der Waals surface area contributed by atoms with Gasteiger partial charge in [0, 0.05) is 6.04 Å². The maximum Gasteiger partial charge on any atom is 0.348 e. The molecule has 27 heavy (non-hydrogen) atoms. The maximum atomic E-state index is 12.5. The molecule has 0 atom stereocenters. The molecule has 1 fully saturated rings. The number of thiophene rings is 1. The number of hydrogen-bond donors (Lipinski definition) is 2. The summed E-state index contributed by atoms with van der Waals surface area (Å²) >= 11 is 6.85. The summed E-state index contributed by atoms with van der Waals surface area (Å²) in [6.07, 6.45) is 4.18. The lowest BCUT2D eigenvalue weighted by Gasteiger charge is -2.15. The molecule has 142 valence electrons. The van der Waals surface area contributed by atoms with Crippen molar-refractivity contribution in [1.82, 2.24) is 5.32 Å². The summed E-state index contributed by atoms with van der Waals surface area (Å²) in [4.78, 5) is 36.8. The highest BCUT2D eigenvalue weighted by atomic mass is 35.5. The molecule has 0 aliphatic heterocycles. The van der Waals surface area contributed by atoms with Crippen molar-refractivity contribution in [3.05, 3.63) is 51.2 Å². The molecule has 0 saturated heterocycles. The Morgan fingerprint density at radius 1 is 1.11 bits per heavy atom. The zero-order chi connectivity index (χ0) is 19.2. The van der Waals surface area contributed by atoms with E-state index in [1.807, 2.05) is 0 Å². The Balaban J connectivity index is 1.57.